The number of nitriles is 1. The zero-order valence-electron chi connectivity index (χ0n) is 9.74. The van der Waals surface area contributed by atoms with Crippen LogP contribution in [0.3, 0.4) is 0 Å². The number of carbonyl (C=O) groups is 1. The number of amides is 1. The van der Waals surface area contributed by atoms with Gasteiger partial charge in [-0.2, -0.15) is 5.26 Å². The van der Waals surface area contributed by atoms with E-state index in [1.165, 1.54) is 4.90 Å². The molecule has 5 heteroatoms. The maximum Gasteiger partial charge on any atom is 0.225 e. The van der Waals surface area contributed by atoms with Crippen molar-refractivity contribution < 1.29 is 9.53 Å². The van der Waals surface area contributed by atoms with Crippen LogP contribution in [0.1, 0.15) is 12.0 Å². The zero-order chi connectivity index (χ0) is 12.8. The van der Waals surface area contributed by atoms with Gasteiger partial charge in [-0.05, 0) is 18.2 Å². The van der Waals surface area contributed by atoms with Gasteiger partial charge in [0, 0.05) is 18.6 Å². The van der Waals surface area contributed by atoms with Crippen LogP contribution in [0.4, 0.5) is 0 Å². The summed E-state index contributed by atoms with van der Waals surface area (Å²) in [6, 6.07) is 7.24. The first-order valence-electron chi connectivity index (χ1n) is 5.07. The normalized spacial score (nSPS) is 9.53. The molecule has 0 spiro atoms. The predicted octanol–water partition coefficient (Wildman–Crippen LogP) is 2.18. The Morgan fingerprint density at radius 3 is 2.82 bits per heavy atom. The maximum atomic E-state index is 11.3. The van der Waals surface area contributed by atoms with Crippen LogP contribution in [0.5, 0.6) is 5.75 Å². The van der Waals surface area contributed by atoms with Gasteiger partial charge in [0.15, 0.2) is 0 Å². The molecule has 0 atom stereocenters. The Labute approximate surface area is 109 Å². The highest BCUT2D eigenvalue weighted by Gasteiger charge is 2.07. The van der Waals surface area contributed by atoms with E-state index in [-0.39, 0.29) is 12.5 Å². The third-order valence-electron chi connectivity index (χ3n) is 2.13. The summed E-state index contributed by atoms with van der Waals surface area (Å²) in [6.45, 7) is 0.271. The van der Waals surface area contributed by atoms with Gasteiger partial charge < -0.3 is 9.64 Å². The molecule has 0 aromatic heterocycles. The van der Waals surface area contributed by atoms with E-state index in [9.17, 15) is 4.79 Å². The Bertz CT molecular complexity index is 452. The topological polar surface area (TPSA) is 53.3 Å². The van der Waals surface area contributed by atoms with E-state index in [2.05, 4.69) is 15.9 Å². The van der Waals surface area contributed by atoms with Gasteiger partial charge >= 0.3 is 0 Å². The minimum Gasteiger partial charge on any atom is -0.492 e. The van der Waals surface area contributed by atoms with Crippen molar-refractivity contribution in [3.63, 3.8) is 0 Å². The molecule has 0 aliphatic carbocycles. The molecule has 0 saturated heterocycles. The second-order valence-electron chi connectivity index (χ2n) is 3.64. The molecule has 90 valence electrons. The molecule has 0 N–H and O–H groups in total. The van der Waals surface area contributed by atoms with Crippen LogP contribution >= 0.6 is 15.9 Å². The molecule has 1 amide bonds. The van der Waals surface area contributed by atoms with E-state index >= 15 is 0 Å². The predicted molar refractivity (Wildman–Crippen MR) is 67.7 cm³/mol. The van der Waals surface area contributed by atoms with Crippen LogP contribution < -0.4 is 4.74 Å². The minimum atomic E-state index is 0.000573. The molecule has 1 rings (SSSR count). The standard InChI is InChI=1S/C12H13BrN2O2/c1-15(2)12(16)5-6-17-11-4-3-10(13)7-9(11)8-14/h3-4,7H,5-6H2,1-2H3. The molecule has 0 unspecified atom stereocenters. The van der Waals surface area contributed by atoms with Crippen LogP contribution in [-0.4, -0.2) is 31.5 Å². The third kappa shape index (κ3) is 4.08. The molecule has 17 heavy (non-hydrogen) atoms. The molecule has 0 aliphatic rings. The van der Waals surface area contributed by atoms with Crippen molar-refractivity contribution in [2.45, 2.75) is 6.42 Å². The molecule has 0 saturated carbocycles. The van der Waals surface area contributed by atoms with Crippen molar-refractivity contribution in [3.05, 3.63) is 28.2 Å². The largest absolute Gasteiger partial charge is 0.492 e. The molecular formula is C12H13BrN2O2. The average Bonchev–Trinajstić information content (AvgIpc) is 2.30. The lowest BCUT2D eigenvalue weighted by Crippen LogP contribution is -2.23. The van der Waals surface area contributed by atoms with Crippen LogP contribution in [-0.2, 0) is 4.79 Å². The summed E-state index contributed by atoms with van der Waals surface area (Å²) in [5.74, 6) is 0.503. The molecule has 1 aromatic rings. The lowest BCUT2D eigenvalue weighted by atomic mass is 10.2. The monoisotopic (exact) mass is 296 g/mol. The van der Waals surface area contributed by atoms with E-state index in [0.29, 0.717) is 17.7 Å². The van der Waals surface area contributed by atoms with Crippen molar-refractivity contribution in [3.8, 4) is 11.8 Å². The summed E-state index contributed by atoms with van der Waals surface area (Å²) in [6.07, 6.45) is 0.300. The van der Waals surface area contributed by atoms with Crippen molar-refractivity contribution in [2.24, 2.45) is 0 Å². The third-order valence-corrected chi connectivity index (χ3v) is 2.63. The fourth-order valence-electron chi connectivity index (χ4n) is 1.19. The molecular weight excluding hydrogens is 284 g/mol. The highest BCUT2D eigenvalue weighted by molar-refractivity contribution is 9.10. The van der Waals surface area contributed by atoms with E-state index in [1.54, 1.807) is 32.3 Å². The number of rotatable bonds is 4. The summed E-state index contributed by atoms with van der Waals surface area (Å²) in [5.41, 5.74) is 0.455. The molecule has 4 nitrogen and oxygen atoms in total. The van der Waals surface area contributed by atoms with Gasteiger partial charge in [0.2, 0.25) is 5.91 Å². The molecule has 0 fully saturated rings. The number of ether oxygens (including phenoxy) is 1. The Kier molecular flexibility index (Phi) is 4.98. The van der Waals surface area contributed by atoms with Gasteiger partial charge in [-0.15, -0.1) is 0 Å². The first-order valence-corrected chi connectivity index (χ1v) is 5.86. The quantitative estimate of drug-likeness (QED) is 0.856. The summed E-state index contributed by atoms with van der Waals surface area (Å²) in [7, 11) is 3.39. The summed E-state index contributed by atoms with van der Waals surface area (Å²) in [4.78, 5) is 12.8. The van der Waals surface area contributed by atoms with Crippen molar-refractivity contribution in [1.82, 2.24) is 4.90 Å². The van der Waals surface area contributed by atoms with Gasteiger partial charge in [0.1, 0.15) is 11.8 Å². The highest BCUT2D eigenvalue weighted by Crippen LogP contribution is 2.22. The number of halogens is 1. The van der Waals surface area contributed by atoms with Gasteiger partial charge in [0.05, 0.1) is 18.6 Å². The number of carbonyl (C=O) groups excluding carboxylic acids is 1. The first kappa shape index (κ1) is 13.5. The van der Waals surface area contributed by atoms with Crippen molar-refractivity contribution >= 4 is 21.8 Å². The highest BCUT2D eigenvalue weighted by atomic mass is 79.9. The van der Waals surface area contributed by atoms with E-state index in [4.69, 9.17) is 10.00 Å². The number of hydrogen-bond acceptors (Lipinski definition) is 3. The van der Waals surface area contributed by atoms with Crippen LogP contribution in [0.15, 0.2) is 22.7 Å². The molecule has 1 aromatic carbocycles. The Morgan fingerprint density at radius 2 is 2.24 bits per heavy atom. The SMILES string of the molecule is CN(C)C(=O)CCOc1ccc(Br)cc1C#N. The minimum absolute atomic E-state index is 0.000573. The Balaban J connectivity index is 2.58. The van der Waals surface area contributed by atoms with Gasteiger partial charge in [-0.1, -0.05) is 15.9 Å². The maximum absolute atomic E-state index is 11.3. The number of hydrogen-bond donors (Lipinski definition) is 0. The molecule has 0 bridgehead atoms. The summed E-state index contributed by atoms with van der Waals surface area (Å²) in [5, 5.41) is 8.91. The second-order valence-corrected chi connectivity index (χ2v) is 4.55. The number of benzene rings is 1. The molecule has 0 aliphatic heterocycles. The fraction of sp³-hybridized carbons (Fsp3) is 0.333. The van der Waals surface area contributed by atoms with Gasteiger partial charge in [-0.3, -0.25) is 4.79 Å². The summed E-state index contributed by atoms with van der Waals surface area (Å²) < 4.78 is 6.24. The Morgan fingerprint density at radius 1 is 1.53 bits per heavy atom. The van der Waals surface area contributed by atoms with Crippen molar-refractivity contribution in [2.75, 3.05) is 20.7 Å². The van der Waals surface area contributed by atoms with Crippen LogP contribution in [0.2, 0.25) is 0 Å². The number of nitrogens with zero attached hydrogens (tertiary/aromatic N) is 2. The zero-order valence-corrected chi connectivity index (χ0v) is 11.3. The van der Waals surface area contributed by atoms with Crippen LogP contribution in [0.25, 0.3) is 0 Å². The van der Waals surface area contributed by atoms with Crippen molar-refractivity contribution in [1.29, 1.82) is 5.26 Å². The average molecular weight is 297 g/mol. The van der Waals surface area contributed by atoms with E-state index in [1.807, 2.05) is 6.07 Å². The fourth-order valence-corrected chi connectivity index (χ4v) is 1.55. The first-order chi connectivity index (χ1) is 8.04. The van der Waals surface area contributed by atoms with E-state index in [0.717, 1.165) is 4.47 Å². The van der Waals surface area contributed by atoms with Gasteiger partial charge in [0.25, 0.3) is 0 Å². The lowest BCUT2D eigenvalue weighted by Gasteiger charge is -2.11. The summed E-state index contributed by atoms with van der Waals surface area (Å²) >= 11 is 3.28. The second kappa shape index (κ2) is 6.26. The van der Waals surface area contributed by atoms with E-state index < -0.39 is 0 Å². The smallest absolute Gasteiger partial charge is 0.225 e. The Hall–Kier alpha value is -1.54. The molecule has 0 radical (unpaired) electrons. The van der Waals surface area contributed by atoms with Gasteiger partial charge in [-0.25, -0.2) is 0 Å². The lowest BCUT2D eigenvalue weighted by molar-refractivity contribution is -0.129. The molecule has 0 heterocycles. The van der Waals surface area contributed by atoms with Crippen LogP contribution in [0, 0.1) is 11.3 Å².